The molecule has 1 aromatic carbocycles. The standard InChI is InChI=1S/C14H18ClNO3/c1-9(17)11-3-2-6-16(8-11)14(19)10-4-5-13(18)12(15)7-10/h4-5,7,9,11,17-18H,2-3,6,8H2,1H3. The van der Waals surface area contributed by atoms with E-state index in [0.29, 0.717) is 18.7 Å². The van der Waals surface area contributed by atoms with Crippen molar-refractivity contribution in [3.63, 3.8) is 0 Å². The zero-order valence-corrected chi connectivity index (χ0v) is 11.6. The van der Waals surface area contributed by atoms with E-state index in [9.17, 15) is 15.0 Å². The third kappa shape index (κ3) is 3.19. The number of carbonyl (C=O) groups excluding carboxylic acids is 1. The number of carbonyl (C=O) groups is 1. The fraction of sp³-hybridized carbons (Fsp3) is 0.500. The highest BCUT2D eigenvalue weighted by molar-refractivity contribution is 6.32. The van der Waals surface area contributed by atoms with Gasteiger partial charge in [-0.15, -0.1) is 0 Å². The van der Waals surface area contributed by atoms with Gasteiger partial charge in [0.15, 0.2) is 0 Å². The first-order chi connectivity index (χ1) is 8.99. The lowest BCUT2D eigenvalue weighted by Gasteiger charge is -2.34. The van der Waals surface area contributed by atoms with Crippen molar-refractivity contribution < 1.29 is 15.0 Å². The summed E-state index contributed by atoms with van der Waals surface area (Å²) in [6.45, 7) is 3.02. The smallest absolute Gasteiger partial charge is 0.253 e. The number of phenolic OH excluding ortho intramolecular Hbond substituents is 1. The van der Waals surface area contributed by atoms with E-state index in [1.165, 1.54) is 12.1 Å². The number of amides is 1. The summed E-state index contributed by atoms with van der Waals surface area (Å²) in [6.07, 6.45) is 1.43. The van der Waals surface area contributed by atoms with Crippen molar-refractivity contribution in [2.75, 3.05) is 13.1 Å². The highest BCUT2D eigenvalue weighted by Crippen LogP contribution is 2.26. The Hall–Kier alpha value is -1.26. The Kier molecular flexibility index (Phi) is 4.32. The topological polar surface area (TPSA) is 60.8 Å². The zero-order valence-electron chi connectivity index (χ0n) is 10.8. The number of benzene rings is 1. The number of hydrogen-bond acceptors (Lipinski definition) is 3. The van der Waals surface area contributed by atoms with Crippen LogP contribution in [0.5, 0.6) is 5.75 Å². The van der Waals surface area contributed by atoms with Crippen LogP contribution in [-0.4, -0.2) is 40.2 Å². The zero-order chi connectivity index (χ0) is 14.0. The first kappa shape index (κ1) is 14.2. The molecule has 4 nitrogen and oxygen atoms in total. The summed E-state index contributed by atoms with van der Waals surface area (Å²) in [5.74, 6) is -0.00347. The predicted molar refractivity (Wildman–Crippen MR) is 73.4 cm³/mol. The van der Waals surface area contributed by atoms with E-state index in [1.54, 1.807) is 17.9 Å². The third-order valence-electron chi connectivity index (χ3n) is 3.62. The number of likely N-dealkylation sites (tertiary alicyclic amines) is 1. The van der Waals surface area contributed by atoms with Crippen molar-refractivity contribution in [2.45, 2.75) is 25.9 Å². The van der Waals surface area contributed by atoms with Gasteiger partial charge in [-0.2, -0.15) is 0 Å². The summed E-state index contributed by atoms with van der Waals surface area (Å²) in [6, 6.07) is 4.46. The van der Waals surface area contributed by atoms with Crippen LogP contribution >= 0.6 is 11.6 Å². The van der Waals surface area contributed by atoms with Gasteiger partial charge in [-0.05, 0) is 38.0 Å². The van der Waals surface area contributed by atoms with Gasteiger partial charge in [-0.3, -0.25) is 4.79 Å². The Bertz CT molecular complexity index is 476. The molecule has 1 aliphatic rings. The molecule has 1 saturated heterocycles. The van der Waals surface area contributed by atoms with Crippen LogP contribution in [0, 0.1) is 5.92 Å². The SMILES string of the molecule is CC(O)C1CCCN(C(=O)c2ccc(O)c(Cl)c2)C1. The maximum Gasteiger partial charge on any atom is 0.253 e. The monoisotopic (exact) mass is 283 g/mol. The molecule has 0 spiro atoms. The van der Waals surface area contributed by atoms with Crippen molar-refractivity contribution in [3.8, 4) is 5.75 Å². The van der Waals surface area contributed by atoms with Gasteiger partial charge in [0.2, 0.25) is 0 Å². The number of phenols is 1. The highest BCUT2D eigenvalue weighted by atomic mass is 35.5. The number of aromatic hydroxyl groups is 1. The molecule has 2 N–H and O–H groups in total. The first-order valence-electron chi connectivity index (χ1n) is 6.45. The molecule has 19 heavy (non-hydrogen) atoms. The summed E-state index contributed by atoms with van der Waals surface area (Å²) in [5, 5.41) is 19.2. The van der Waals surface area contributed by atoms with Crippen LogP contribution in [0.1, 0.15) is 30.1 Å². The lowest BCUT2D eigenvalue weighted by atomic mass is 9.93. The van der Waals surface area contributed by atoms with Gasteiger partial charge in [-0.1, -0.05) is 11.6 Å². The second-order valence-electron chi connectivity index (χ2n) is 5.06. The van der Waals surface area contributed by atoms with Crippen molar-refractivity contribution >= 4 is 17.5 Å². The van der Waals surface area contributed by atoms with Gasteiger partial charge >= 0.3 is 0 Å². The number of nitrogens with zero attached hydrogens (tertiary/aromatic N) is 1. The summed E-state index contributed by atoms with van der Waals surface area (Å²) in [4.78, 5) is 14.1. The van der Waals surface area contributed by atoms with E-state index < -0.39 is 6.10 Å². The fourth-order valence-corrected chi connectivity index (χ4v) is 2.59. The fourth-order valence-electron chi connectivity index (χ4n) is 2.41. The molecule has 2 rings (SSSR count). The Morgan fingerprint density at radius 1 is 1.53 bits per heavy atom. The molecule has 0 bridgehead atoms. The van der Waals surface area contributed by atoms with Crippen LogP contribution in [-0.2, 0) is 0 Å². The van der Waals surface area contributed by atoms with Crippen LogP contribution in [0.15, 0.2) is 18.2 Å². The molecule has 0 radical (unpaired) electrons. The van der Waals surface area contributed by atoms with E-state index in [1.807, 2.05) is 0 Å². The molecule has 1 aromatic rings. The molecule has 0 saturated carbocycles. The molecule has 2 atom stereocenters. The van der Waals surface area contributed by atoms with Crippen molar-refractivity contribution in [1.82, 2.24) is 4.90 Å². The number of piperidine rings is 1. The summed E-state index contributed by atoms with van der Waals surface area (Å²) in [7, 11) is 0. The van der Waals surface area contributed by atoms with Crippen LogP contribution in [0.2, 0.25) is 5.02 Å². The van der Waals surface area contributed by atoms with Gasteiger partial charge in [0, 0.05) is 24.6 Å². The van der Waals surface area contributed by atoms with Crippen LogP contribution in [0.25, 0.3) is 0 Å². The number of rotatable bonds is 2. The second kappa shape index (κ2) is 5.80. The van der Waals surface area contributed by atoms with Gasteiger partial charge in [0.05, 0.1) is 11.1 Å². The molecule has 0 aliphatic carbocycles. The maximum atomic E-state index is 12.3. The second-order valence-corrected chi connectivity index (χ2v) is 5.47. The minimum Gasteiger partial charge on any atom is -0.506 e. The maximum absolute atomic E-state index is 12.3. The molecule has 0 aromatic heterocycles. The molecule has 1 amide bonds. The van der Waals surface area contributed by atoms with Gasteiger partial charge in [0.1, 0.15) is 5.75 Å². The van der Waals surface area contributed by atoms with Crippen LogP contribution < -0.4 is 0 Å². The Morgan fingerprint density at radius 3 is 2.89 bits per heavy atom. The molecular formula is C14H18ClNO3. The van der Waals surface area contributed by atoms with E-state index in [-0.39, 0.29) is 22.6 Å². The number of aliphatic hydroxyl groups excluding tert-OH is 1. The summed E-state index contributed by atoms with van der Waals surface area (Å²) in [5.41, 5.74) is 0.467. The van der Waals surface area contributed by atoms with E-state index in [2.05, 4.69) is 0 Å². The van der Waals surface area contributed by atoms with Crippen molar-refractivity contribution in [3.05, 3.63) is 28.8 Å². The van der Waals surface area contributed by atoms with Crippen molar-refractivity contribution in [2.24, 2.45) is 5.92 Å². The molecular weight excluding hydrogens is 266 g/mol. The number of halogens is 1. The molecule has 104 valence electrons. The Balaban J connectivity index is 2.12. The molecule has 5 heteroatoms. The average Bonchev–Trinajstić information content (AvgIpc) is 2.41. The molecule has 1 heterocycles. The third-order valence-corrected chi connectivity index (χ3v) is 3.92. The summed E-state index contributed by atoms with van der Waals surface area (Å²) >= 11 is 5.82. The first-order valence-corrected chi connectivity index (χ1v) is 6.82. The Labute approximate surface area is 117 Å². The number of aliphatic hydroxyl groups is 1. The quantitative estimate of drug-likeness (QED) is 0.875. The number of hydrogen-bond donors (Lipinski definition) is 2. The lowest BCUT2D eigenvalue weighted by Crippen LogP contribution is -2.42. The minimum atomic E-state index is -0.404. The van der Waals surface area contributed by atoms with E-state index >= 15 is 0 Å². The van der Waals surface area contributed by atoms with Gasteiger partial charge < -0.3 is 15.1 Å². The van der Waals surface area contributed by atoms with E-state index in [0.717, 1.165) is 12.8 Å². The van der Waals surface area contributed by atoms with Crippen LogP contribution in [0.3, 0.4) is 0 Å². The van der Waals surface area contributed by atoms with E-state index in [4.69, 9.17) is 11.6 Å². The van der Waals surface area contributed by atoms with Gasteiger partial charge in [0.25, 0.3) is 5.91 Å². The van der Waals surface area contributed by atoms with Crippen molar-refractivity contribution in [1.29, 1.82) is 0 Å². The predicted octanol–water partition coefficient (Wildman–Crippen LogP) is 2.28. The van der Waals surface area contributed by atoms with Gasteiger partial charge in [-0.25, -0.2) is 0 Å². The molecule has 1 aliphatic heterocycles. The lowest BCUT2D eigenvalue weighted by molar-refractivity contribution is 0.0466. The summed E-state index contributed by atoms with van der Waals surface area (Å²) < 4.78 is 0. The normalized spacial score (nSPS) is 21.2. The average molecular weight is 284 g/mol. The molecule has 2 unspecified atom stereocenters. The minimum absolute atomic E-state index is 0.0290. The largest absolute Gasteiger partial charge is 0.506 e. The molecule has 1 fully saturated rings. The highest BCUT2D eigenvalue weighted by Gasteiger charge is 2.27. The van der Waals surface area contributed by atoms with Crippen LogP contribution in [0.4, 0.5) is 0 Å². The Morgan fingerprint density at radius 2 is 2.26 bits per heavy atom.